The number of nitrogens with zero attached hydrogens (tertiary/aromatic N) is 5. The SMILES string of the molecule is CCn1c(=O)c2cccn2c2nc(OCCCN3CCN(C(c4ccccc4)c4ccccc4)CC3)ccc21. The molecular weight excluding hydrogens is 486 g/mol. The highest BCUT2D eigenvalue weighted by Gasteiger charge is 2.26. The van der Waals surface area contributed by atoms with Crippen LogP contribution >= 0.6 is 0 Å². The first-order chi connectivity index (χ1) is 19.2. The Morgan fingerprint density at radius 2 is 1.51 bits per heavy atom. The number of aryl methyl sites for hydroxylation is 1. The topological polar surface area (TPSA) is 55.0 Å². The molecule has 0 amide bonds. The maximum atomic E-state index is 12.8. The molecule has 1 aliphatic rings. The van der Waals surface area contributed by atoms with Gasteiger partial charge in [-0.3, -0.25) is 14.1 Å². The molecule has 0 bridgehead atoms. The number of hydrogen-bond donors (Lipinski definition) is 0. The first-order valence-electron chi connectivity index (χ1n) is 13.9. The zero-order valence-electron chi connectivity index (χ0n) is 22.4. The molecule has 6 rings (SSSR count). The standard InChI is InChI=1S/C32H35N5O2/c1-2-36-27-16-17-29(33-31(27)37-19-9-15-28(37)32(36)38)39-24-10-18-34-20-22-35(23-21-34)30(25-11-5-3-6-12-25)26-13-7-4-8-14-26/h3-9,11-17,19,30H,2,10,18,20-24H2,1H3. The molecule has 4 heterocycles. The minimum absolute atomic E-state index is 0.00410. The highest BCUT2D eigenvalue weighted by Crippen LogP contribution is 2.29. The summed E-state index contributed by atoms with van der Waals surface area (Å²) in [6, 6.07) is 29.5. The number of hydrogen-bond acceptors (Lipinski definition) is 5. The van der Waals surface area contributed by atoms with Crippen LogP contribution in [0.5, 0.6) is 5.88 Å². The second-order valence-corrected chi connectivity index (χ2v) is 10.1. The van der Waals surface area contributed by atoms with Crippen molar-refractivity contribution in [3.8, 4) is 5.88 Å². The molecule has 1 saturated heterocycles. The molecule has 200 valence electrons. The van der Waals surface area contributed by atoms with E-state index in [1.807, 2.05) is 41.8 Å². The minimum atomic E-state index is 0.00410. The Kier molecular flexibility index (Phi) is 7.43. The number of pyridine rings is 1. The average Bonchev–Trinajstić information content (AvgIpc) is 3.49. The number of ether oxygens (including phenoxy) is 1. The predicted octanol–water partition coefficient (Wildman–Crippen LogP) is 4.85. The van der Waals surface area contributed by atoms with Crippen molar-refractivity contribution in [3.05, 3.63) is 113 Å². The van der Waals surface area contributed by atoms with E-state index in [0.717, 1.165) is 50.3 Å². The van der Waals surface area contributed by atoms with Gasteiger partial charge in [-0.2, -0.15) is 4.98 Å². The Bertz CT molecular complexity index is 1550. The molecule has 0 radical (unpaired) electrons. The van der Waals surface area contributed by atoms with E-state index < -0.39 is 0 Å². The number of rotatable bonds is 9. The van der Waals surface area contributed by atoms with E-state index >= 15 is 0 Å². The molecule has 39 heavy (non-hydrogen) atoms. The van der Waals surface area contributed by atoms with Crippen molar-refractivity contribution < 1.29 is 4.74 Å². The molecule has 0 unspecified atom stereocenters. The van der Waals surface area contributed by atoms with Crippen LogP contribution in [0.4, 0.5) is 0 Å². The first kappa shape index (κ1) is 25.3. The van der Waals surface area contributed by atoms with Crippen molar-refractivity contribution in [3.63, 3.8) is 0 Å². The zero-order valence-corrected chi connectivity index (χ0v) is 22.4. The van der Waals surface area contributed by atoms with Gasteiger partial charge in [0.2, 0.25) is 5.88 Å². The van der Waals surface area contributed by atoms with Gasteiger partial charge >= 0.3 is 0 Å². The lowest BCUT2D eigenvalue weighted by Crippen LogP contribution is -2.48. The Morgan fingerprint density at radius 3 is 2.18 bits per heavy atom. The van der Waals surface area contributed by atoms with Crippen LogP contribution in [0.2, 0.25) is 0 Å². The molecule has 1 aliphatic heterocycles. The van der Waals surface area contributed by atoms with Gasteiger partial charge in [0.15, 0.2) is 5.65 Å². The van der Waals surface area contributed by atoms with E-state index in [-0.39, 0.29) is 11.6 Å². The Balaban J connectivity index is 1.05. The van der Waals surface area contributed by atoms with E-state index in [1.165, 1.54) is 11.1 Å². The summed E-state index contributed by atoms with van der Waals surface area (Å²) in [6.45, 7) is 8.35. The molecule has 7 nitrogen and oxygen atoms in total. The monoisotopic (exact) mass is 521 g/mol. The van der Waals surface area contributed by atoms with Crippen LogP contribution in [0.15, 0.2) is 95.9 Å². The van der Waals surface area contributed by atoms with Gasteiger partial charge in [0.05, 0.1) is 18.2 Å². The summed E-state index contributed by atoms with van der Waals surface area (Å²) >= 11 is 0. The fourth-order valence-electron chi connectivity index (χ4n) is 5.79. The van der Waals surface area contributed by atoms with Crippen LogP contribution in [-0.2, 0) is 6.54 Å². The van der Waals surface area contributed by atoms with Crippen LogP contribution < -0.4 is 10.3 Å². The van der Waals surface area contributed by atoms with Crippen molar-refractivity contribution >= 4 is 16.7 Å². The molecule has 0 saturated carbocycles. The molecule has 5 aromatic rings. The maximum absolute atomic E-state index is 12.8. The lowest BCUT2D eigenvalue weighted by molar-refractivity contribution is 0.105. The van der Waals surface area contributed by atoms with Crippen molar-refractivity contribution in [2.24, 2.45) is 0 Å². The lowest BCUT2D eigenvalue weighted by Gasteiger charge is -2.39. The lowest BCUT2D eigenvalue weighted by atomic mass is 9.96. The molecule has 0 aliphatic carbocycles. The average molecular weight is 522 g/mol. The molecule has 7 heteroatoms. The van der Waals surface area contributed by atoms with Crippen molar-refractivity contribution in [2.45, 2.75) is 25.9 Å². The second-order valence-electron chi connectivity index (χ2n) is 10.1. The summed E-state index contributed by atoms with van der Waals surface area (Å²) in [5, 5.41) is 0. The summed E-state index contributed by atoms with van der Waals surface area (Å²) in [4.78, 5) is 22.7. The van der Waals surface area contributed by atoms with Gasteiger partial charge in [-0.25, -0.2) is 0 Å². The molecule has 3 aromatic heterocycles. The van der Waals surface area contributed by atoms with E-state index in [1.54, 1.807) is 4.57 Å². The third-order valence-corrected chi connectivity index (χ3v) is 7.75. The van der Waals surface area contributed by atoms with Crippen molar-refractivity contribution in [1.82, 2.24) is 23.8 Å². The zero-order chi connectivity index (χ0) is 26.6. The summed E-state index contributed by atoms with van der Waals surface area (Å²) < 4.78 is 9.68. The Hall–Kier alpha value is -3.94. The molecule has 1 fully saturated rings. The maximum Gasteiger partial charge on any atom is 0.275 e. The van der Waals surface area contributed by atoms with Gasteiger partial charge in [-0.1, -0.05) is 60.7 Å². The van der Waals surface area contributed by atoms with Gasteiger partial charge in [-0.05, 0) is 42.7 Å². The largest absolute Gasteiger partial charge is 0.478 e. The quantitative estimate of drug-likeness (QED) is 0.260. The van der Waals surface area contributed by atoms with Crippen LogP contribution in [0.3, 0.4) is 0 Å². The van der Waals surface area contributed by atoms with Crippen LogP contribution in [0, 0.1) is 0 Å². The predicted molar refractivity (Wildman–Crippen MR) is 155 cm³/mol. The smallest absolute Gasteiger partial charge is 0.275 e. The number of piperazine rings is 1. The van der Waals surface area contributed by atoms with E-state index in [4.69, 9.17) is 9.72 Å². The van der Waals surface area contributed by atoms with Gasteiger partial charge in [0, 0.05) is 51.5 Å². The highest BCUT2D eigenvalue weighted by molar-refractivity contribution is 5.75. The Morgan fingerprint density at radius 1 is 0.821 bits per heavy atom. The fraction of sp³-hybridized carbons (Fsp3) is 0.312. The number of aromatic nitrogens is 3. The van der Waals surface area contributed by atoms with Crippen LogP contribution in [0.1, 0.15) is 30.5 Å². The third-order valence-electron chi connectivity index (χ3n) is 7.75. The van der Waals surface area contributed by atoms with E-state index in [0.29, 0.717) is 24.5 Å². The minimum Gasteiger partial charge on any atom is -0.478 e. The number of benzene rings is 2. The molecule has 2 aromatic carbocycles. The van der Waals surface area contributed by atoms with Crippen LogP contribution in [-0.4, -0.2) is 63.1 Å². The second kappa shape index (κ2) is 11.4. The summed E-state index contributed by atoms with van der Waals surface area (Å²) in [7, 11) is 0. The normalized spacial score (nSPS) is 14.9. The first-order valence-corrected chi connectivity index (χ1v) is 13.9. The molecule has 0 N–H and O–H groups in total. The van der Waals surface area contributed by atoms with E-state index in [2.05, 4.69) is 70.5 Å². The van der Waals surface area contributed by atoms with Crippen molar-refractivity contribution in [2.75, 3.05) is 39.3 Å². The summed E-state index contributed by atoms with van der Waals surface area (Å²) in [5.41, 5.74) is 4.90. The van der Waals surface area contributed by atoms with Crippen LogP contribution in [0.25, 0.3) is 16.7 Å². The fourth-order valence-corrected chi connectivity index (χ4v) is 5.79. The van der Waals surface area contributed by atoms with Crippen molar-refractivity contribution in [1.29, 1.82) is 0 Å². The molecule has 0 spiro atoms. The molecular formula is C32H35N5O2. The third kappa shape index (κ3) is 5.20. The Labute approximate surface area is 228 Å². The van der Waals surface area contributed by atoms with Gasteiger partial charge in [-0.15, -0.1) is 0 Å². The number of fused-ring (bicyclic) bond motifs is 3. The van der Waals surface area contributed by atoms with Gasteiger partial charge < -0.3 is 14.2 Å². The highest BCUT2D eigenvalue weighted by atomic mass is 16.5. The van der Waals surface area contributed by atoms with Gasteiger partial charge in [0.25, 0.3) is 5.56 Å². The van der Waals surface area contributed by atoms with E-state index in [9.17, 15) is 4.79 Å². The molecule has 0 atom stereocenters. The summed E-state index contributed by atoms with van der Waals surface area (Å²) in [6.07, 6.45) is 2.82. The summed E-state index contributed by atoms with van der Waals surface area (Å²) in [5.74, 6) is 0.595. The van der Waals surface area contributed by atoms with Gasteiger partial charge in [0.1, 0.15) is 5.52 Å².